The van der Waals surface area contributed by atoms with Crippen molar-refractivity contribution < 1.29 is 4.79 Å². The van der Waals surface area contributed by atoms with Gasteiger partial charge in [-0.1, -0.05) is 13.3 Å². The molecule has 0 spiro atoms. The monoisotopic (exact) mass is 295 g/mol. The second-order valence-corrected chi connectivity index (χ2v) is 6.64. The highest BCUT2D eigenvalue weighted by Crippen LogP contribution is 2.29. The van der Waals surface area contributed by atoms with Crippen LogP contribution in [0.25, 0.3) is 0 Å². The van der Waals surface area contributed by atoms with Crippen molar-refractivity contribution in [3.8, 4) is 0 Å². The molecule has 2 rings (SSSR count). The van der Waals surface area contributed by atoms with Crippen LogP contribution in [0.5, 0.6) is 0 Å². The van der Waals surface area contributed by atoms with E-state index >= 15 is 0 Å². The fourth-order valence-electron chi connectivity index (χ4n) is 2.91. The molecule has 0 radical (unpaired) electrons. The Hall–Kier alpha value is -0.940. The summed E-state index contributed by atoms with van der Waals surface area (Å²) in [7, 11) is 0. The Labute approximate surface area is 125 Å². The van der Waals surface area contributed by atoms with Gasteiger partial charge in [-0.2, -0.15) is 0 Å². The summed E-state index contributed by atoms with van der Waals surface area (Å²) in [6.45, 7) is 8.47. The molecular formula is C15H25N3OS. The van der Waals surface area contributed by atoms with E-state index in [1.807, 2.05) is 12.3 Å². The Kier molecular flexibility index (Phi) is 5.54. The number of thiazole rings is 1. The van der Waals surface area contributed by atoms with Gasteiger partial charge >= 0.3 is 0 Å². The van der Waals surface area contributed by atoms with E-state index in [0.717, 1.165) is 35.8 Å². The van der Waals surface area contributed by atoms with Crippen LogP contribution in [0.4, 0.5) is 5.13 Å². The zero-order chi connectivity index (χ0) is 14.5. The van der Waals surface area contributed by atoms with Gasteiger partial charge in [0.1, 0.15) is 0 Å². The summed E-state index contributed by atoms with van der Waals surface area (Å²) in [5.41, 5.74) is 1.04. The molecule has 0 aliphatic heterocycles. The van der Waals surface area contributed by atoms with E-state index in [1.54, 1.807) is 23.2 Å². The summed E-state index contributed by atoms with van der Waals surface area (Å²) >= 11 is 1.55. The number of nitrogens with one attached hydrogen (secondary N) is 1. The maximum absolute atomic E-state index is 11.5. The molecule has 1 amide bonds. The summed E-state index contributed by atoms with van der Waals surface area (Å²) in [5.74, 6) is 1.77. The van der Waals surface area contributed by atoms with Gasteiger partial charge in [0, 0.05) is 25.4 Å². The summed E-state index contributed by atoms with van der Waals surface area (Å²) in [6.07, 6.45) is 4.07. The van der Waals surface area contributed by atoms with Crippen molar-refractivity contribution in [3.05, 3.63) is 11.1 Å². The molecular weight excluding hydrogens is 270 g/mol. The lowest BCUT2D eigenvalue weighted by molar-refractivity contribution is -0.116. The largest absolute Gasteiger partial charge is 0.311 e. The number of carbonyl (C=O) groups excluding carboxylic acids is 1. The average molecular weight is 295 g/mol. The number of nitrogens with zero attached hydrogens (tertiary/aromatic N) is 2. The van der Waals surface area contributed by atoms with Crippen LogP contribution < -0.4 is 10.2 Å². The lowest BCUT2D eigenvalue weighted by atomic mass is 10.1. The van der Waals surface area contributed by atoms with Gasteiger partial charge in [-0.25, -0.2) is 4.98 Å². The minimum atomic E-state index is 0.0568. The number of amides is 1. The topological polar surface area (TPSA) is 45.2 Å². The van der Waals surface area contributed by atoms with E-state index < -0.39 is 0 Å². The van der Waals surface area contributed by atoms with Crippen LogP contribution in [0.2, 0.25) is 0 Å². The van der Waals surface area contributed by atoms with Crippen LogP contribution in [-0.4, -0.2) is 24.0 Å². The summed E-state index contributed by atoms with van der Waals surface area (Å²) in [6, 6.07) is 0. The highest BCUT2D eigenvalue weighted by molar-refractivity contribution is 7.14. The first-order valence-corrected chi connectivity index (χ1v) is 8.41. The Morgan fingerprint density at radius 3 is 2.95 bits per heavy atom. The van der Waals surface area contributed by atoms with Crippen LogP contribution in [0.3, 0.4) is 0 Å². The predicted molar refractivity (Wildman–Crippen MR) is 84.0 cm³/mol. The fraction of sp³-hybridized carbons (Fsp3) is 0.733. The van der Waals surface area contributed by atoms with E-state index in [2.05, 4.69) is 17.2 Å². The standard InChI is InChI=1S/C15H25N3OS/c1-4-18(12(3)19)15-17-14(10-20-15)9-16-8-13-6-5-11(2)7-13/h10-11,13,16H,4-9H2,1-3H3. The molecule has 2 atom stereocenters. The van der Waals surface area contributed by atoms with E-state index in [4.69, 9.17) is 0 Å². The molecule has 5 heteroatoms. The molecule has 1 heterocycles. The normalized spacial score (nSPS) is 22.1. The van der Waals surface area contributed by atoms with Gasteiger partial charge < -0.3 is 5.32 Å². The van der Waals surface area contributed by atoms with Crippen molar-refractivity contribution in [1.29, 1.82) is 0 Å². The number of aromatic nitrogens is 1. The second-order valence-electron chi connectivity index (χ2n) is 5.80. The molecule has 1 fully saturated rings. The SMILES string of the molecule is CCN(C(C)=O)c1nc(CNCC2CCC(C)C2)cs1. The number of anilines is 1. The molecule has 1 saturated carbocycles. The Balaban J connectivity index is 1.79. The lowest BCUT2D eigenvalue weighted by Crippen LogP contribution is -2.27. The molecule has 0 aromatic carbocycles. The molecule has 1 aliphatic carbocycles. The Morgan fingerprint density at radius 2 is 2.35 bits per heavy atom. The first-order chi connectivity index (χ1) is 9.60. The van der Waals surface area contributed by atoms with E-state index in [1.165, 1.54) is 19.3 Å². The number of rotatable bonds is 6. The van der Waals surface area contributed by atoms with Gasteiger partial charge in [-0.3, -0.25) is 9.69 Å². The van der Waals surface area contributed by atoms with E-state index in [0.29, 0.717) is 6.54 Å². The van der Waals surface area contributed by atoms with Gasteiger partial charge in [-0.15, -0.1) is 11.3 Å². The third-order valence-corrected chi connectivity index (χ3v) is 4.92. The number of hydrogen-bond acceptors (Lipinski definition) is 4. The van der Waals surface area contributed by atoms with Crippen molar-refractivity contribution >= 4 is 22.4 Å². The zero-order valence-corrected chi connectivity index (χ0v) is 13.5. The van der Waals surface area contributed by atoms with Crippen LogP contribution in [0.1, 0.15) is 45.7 Å². The van der Waals surface area contributed by atoms with Crippen molar-refractivity contribution in [2.45, 2.75) is 46.6 Å². The maximum Gasteiger partial charge on any atom is 0.225 e. The van der Waals surface area contributed by atoms with E-state index in [9.17, 15) is 4.79 Å². The minimum Gasteiger partial charge on any atom is -0.311 e. The van der Waals surface area contributed by atoms with Crippen LogP contribution in [0.15, 0.2) is 5.38 Å². The average Bonchev–Trinajstić information content (AvgIpc) is 3.00. The van der Waals surface area contributed by atoms with Crippen molar-refractivity contribution in [1.82, 2.24) is 10.3 Å². The summed E-state index contributed by atoms with van der Waals surface area (Å²) < 4.78 is 0. The second kappa shape index (κ2) is 7.18. The molecule has 0 bridgehead atoms. The molecule has 1 N–H and O–H groups in total. The first-order valence-electron chi connectivity index (χ1n) is 7.53. The molecule has 2 unspecified atom stereocenters. The molecule has 0 saturated heterocycles. The van der Waals surface area contributed by atoms with Gasteiger partial charge in [-0.05, 0) is 38.1 Å². The van der Waals surface area contributed by atoms with Crippen molar-refractivity contribution in [3.63, 3.8) is 0 Å². The van der Waals surface area contributed by atoms with Crippen LogP contribution in [-0.2, 0) is 11.3 Å². The Bertz CT molecular complexity index is 446. The predicted octanol–water partition coefficient (Wildman–Crippen LogP) is 3.04. The quantitative estimate of drug-likeness (QED) is 0.877. The third kappa shape index (κ3) is 4.03. The van der Waals surface area contributed by atoms with Crippen LogP contribution >= 0.6 is 11.3 Å². The molecule has 4 nitrogen and oxygen atoms in total. The summed E-state index contributed by atoms with van der Waals surface area (Å²) in [4.78, 5) is 17.7. The van der Waals surface area contributed by atoms with Crippen molar-refractivity contribution in [2.24, 2.45) is 11.8 Å². The van der Waals surface area contributed by atoms with Gasteiger partial charge in [0.25, 0.3) is 0 Å². The van der Waals surface area contributed by atoms with Gasteiger partial charge in [0.05, 0.1) is 5.69 Å². The van der Waals surface area contributed by atoms with Gasteiger partial charge in [0.15, 0.2) is 5.13 Å². The molecule has 1 aromatic heterocycles. The molecule has 1 aliphatic rings. The molecule has 1 aromatic rings. The highest BCUT2D eigenvalue weighted by Gasteiger charge is 2.20. The lowest BCUT2D eigenvalue weighted by Gasteiger charge is -2.14. The number of hydrogen-bond donors (Lipinski definition) is 1. The van der Waals surface area contributed by atoms with Crippen LogP contribution in [0, 0.1) is 11.8 Å². The van der Waals surface area contributed by atoms with Gasteiger partial charge in [0.2, 0.25) is 5.91 Å². The molecule has 112 valence electrons. The zero-order valence-electron chi connectivity index (χ0n) is 12.7. The summed E-state index contributed by atoms with van der Waals surface area (Å²) in [5, 5.41) is 6.36. The first kappa shape index (κ1) is 15.4. The van der Waals surface area contributed by atoms with Crippen molar-refractivity contribution in [2.75, 3.05) is 18.0 Å². The molecule has 20 heavy (non-hydrogen) atoms. The minimum absolute atomic E-state index is 0.0568. The highest BCUT2D eigenvalue weighted by atomic mass is 32.1. The third-order valence-electron chi connectivity index (χ3n) is 4.01. The van der Waals surface area contributed by atoms with E-state index in [-0.39, 0.29) is 5.91 Å². The number of carbonyl (C=O) groups is 1. The Morgan fingerprint density at radius 1 is 1.55 bits per heavy atom. The fourth-order valence-corrected chi connectivity index (χ4v) is 3.84. The smallest absolute Gasteiger partial charge is 0.225 e. The maximum atomic E-state index is 11.5.